The zero-order valence-corrected chi connectivity index (χ0v) is 8.01. The summed E-state index contributed by atoms with van der Waals surface area (Å²) in [6.45, 7) is 5.24. The normalized spacial score (nSPS) is 15.2. The van der Waals surface area contributed by atoms with Gasteiger partial charge in [0.25, 0.3) is 0 Å². The molecule has 12 heavy (non-hydrogen) atoms. The molecule has 0 aliphatic heterocycles. The minimum atomic E-state index is 0.162. The van der Waals surface area contributed by atoms with E-state index in [1.165, 1.54) is 0 Å². The molecule has 2 unspecified atom stereocenters. The second kappa shape index (κ2) is 7.15. The molecule has 0 aromatic heterocycles. The molecule has 0 radical (unpaired) electrons. The van der Waals surface area contributed by atoms with Crippen LogP contribution in [-0.2, 0) is 0 Å². The molecule has 2 N–H and O–H groups in total. The third-order valence-electron chi connectivity index (χ3n) is 1.89. The first kappa shape index (κ1) is 11.5. The van der Waals surface area contributed by atoms with Crippen molar-refractivity contribution >= 4 is 0 Å². The van der Waals surface area contributed by atoms with Crippen molar-refractivity contribution in [2.24, 2.45) is 5.92 Å². The first-order chi connectivity index (χ1) is 5.70. The molecule has 0 aliphatic rings. The highest BCUT2D eigenvalue weighted by atomic mass is 16.3. The first-order valence-corrected chi connectivity index (χ1v) is 4.51. The van der Waals surface area contributed by atoms with Crippen LogP contribution in [0.4, 0.5) is 0 Å². The third-order valence-corrected chi connectivity index (χ3v) is 1.89. The standard InChI is InChI=1S/C10H19NO/c1-4-10(3)11-7-5-6-9(2)8-12/h1,9-12H,5-8H2,2-3H3. The Bertz CT molecular complexity index is 139. The molecule has 0 fully saturated rings. The lowest BCUT2D eigenvalue weighted by Gasteiger charge is -2.09. The van der Waals surface area contributed by atoms with Gasteiger partial charge >= 0.3 is 0 Å². The van der Waals surface area contributed by atoms with Gasteiger partial charge in [-0.1, -0.05) is 12.8 Å². The van der Waals surface area contributed by atoms with Crippen LogP contribution in [0.25, 0.3) is 0 Å². The van der Waals surface area contributed by atoms with Crippen molar-refractivity contribution < 1.29 is 5.11 Å². The summed E-state index contributed by atoms with van der Waals surface area (Å²) in [5.74, 6) is 3.02. The van der Waals surface area contributed by atoms with Gasteiger partial charge in [0, 0.05) is 6.61 Å². The van der Waals surface area contributed by atoms with E-state index in [9.17, 15) is 0 Å². The number of aliphatic hydroxyl groups excluding tert-OH is 1. The van der Waals surface area contributed by atoms with Crippen molar-refractivity contribution in [1.82, 2.24) is 5.32 Å². The van der Waals surface area contributed by atoms with Crippen LogP contribution in [-0.4, -0.2) is 24.3 Å². The molecule has 0 rings (SSSR count). The summed E-state index contributed by atoms with van der Waals surface area (Å²) in [6, 6.07) is 0.162. The highest BCUT2D eigenvalue weighted by Crippen LogP contribution is 2.02. The van der Waals surface area contributed by atoms with E-state index in [0.29, 0.717) is 5.92 Å². The maximum Gasteiger partial charge on any atom is 0.0658 e. The van der Waals surface area contributed by atoms with Gasteiger partial charge in [-0.2, -0.15) is 0 Å². The molecule has 0 amide bonds. The maximum absolute atomic E-state index is 8.74. The highest BCUT2D eigenvalue weighted by molar-refractivity contribution is 4.95. The predicted molar refractivity (Wildman–Crippen MR) is 51.8 cm³/mol. The monoisotopic (exact) mass is 169 g/mol. The van der Waals surface area contributed by atoms with Gasteiger partial charge in [-0.3, -0.25) is 0 Å². The molecule has 0 spiro atoms. The number of aliphatic hydroxyl groups is 1. The van der Waals surface area contributed by atoms with E-state index >= 15 is 0 Å². The molecule has 2 heteroatoms. The van der Waals surface area contributed by atoms with Crippen LogP contribution in [0.15, 0.2) is 0 Å². The SMILES string of the molecule is C#CC(C)NCCCC(C)CO. The summed E-state index contributed by atoms with van der Waals surface area (Å²) in [4.78, 5) is 0. The van der Waals surface area contributed by atoms with Crippen molar-refractivity contribution in [3.63, 3.8) is 0 Å². The Labute approximate surface area is 75.4 Å². The summed E-state index contributed by atoms with van der Waals surface area (Å²) < 4.78 is 0. The van der Waals surface area contributed by atoms with Crippen LogP contribution < -0.4 is 5.32 Å². The van der Waals surface area contributed by atoms with E-state index < -0.39 is 0 Å². The van der Waals surface area contributed by atoms with Gasteiger partial charge in [-0.15, -0.1) is 6.42 Å². The zero-order valence-electron chi connectivity index (χ0n) is 8.01. The van der Waals surface area contributed by atoms with Gasteiger partial charge < -0.3 is 10.4 Å². The molecule has 0 aromatic carbocycles. The second-order valence-electron chi connectivity index (χ2n) is 3.27. The van der Waals surface area contributed by atoms with Crippen LogP contribution in [0.3, 0.4) is 0 Å². The van der Waals surface area contributed by atoms with E-state index in [2.05, 4.69) is 11.2 Å². The van der Waals surface area contributed by atoms with Gasteiger partial charge in [0.2, 0.25) is 0 Å². The van der Waals surface area contributed by atoms with E-state index in [4.69, 9.17) is 11.5 Å². The van der Waals surface area contributed by atoms with E-state index in [-0.39, 0.29) is 12.6 Å². The van der Waals surface area contributed by atoms with Gasteiger partial charge in [0.15, 0.2) is 0 Å². The zero-order chi connectivity index (χ0) is 9.40. The molecule has 0 saturated heterocycles. The Hall–Kier alpha value is -0.520. The van der Waals surface area contributed by atoms with Crippen LogP contribution in [0, 0.1) is 18.3 Å². The quantitative estimate of drug-likeness (QED) is 0.459. The van der Waals surface area contributed by atoms with Crippen molar-refractivity contribution in [2.45, 2.75) is 32.7 Å². The predicted octanol–water partition coefficient (Wildman–Crippen LogP) is 1.01. The Morgan fingerprint density at radius 1 is 1.50 bits per heavy atom. The number of terminal acetylenes is 1. The lowest BCUT2D eigenvalue weighted by molar-refractivity contribution is 0.228. The fraction of sp³-hybridized carbons (Fsp3) is 0.800. The van der Waals surface area contributed by atoms with Gasteiger partial charge in [0.1, 0.15) is 0 Å². The van der Waals surface area contributed by atoms with Crippen LogP contribution >= 0.6 is 0 Å². The summed E-state index contributed by atoms with van der Waals surface area (Å²) >= 11 is 0. The number of hydrogen-bond acceptors (Lipinski definition) is 2. The van der Waals surface area contributed by atoms with Crippen LogP contribution in [0.1, 0.15) is 26.7 Å². The number of nitrogens with one attached hydrogen (secondary N) is 1. The molecule has 70 valence electrons. The Kier molecular flexibility index (Phi) is 6.84. The summed E-state index contributed by atoms with van der Waals surface area (Å²) in [6.07, 6.45) is 7.32. The molecule has 0 aromatic rings. The number of rotatable bonds is 6. The van der Waals surface area contributed by atoms with Gasteiger partial charge in [-0.25, -0.2) is 0 Å². The summed E-state index contributed by atoms with van der Waals surface area (Å²) in [5.41, 5.74) is 0. The molecule has 0 heterocycles. The van der Waals surface area contributed by atoms with Crippen molar-refractivity contribution in [3.05, 3.63) is 0 Å². The van der Waals surface area contributed by atoms with E-state index in [1.54, 1.807) is 0 Å². The molecular formula is C10H19NO. The molecule has 0 saturated carbocycles. The molecule has 2 nitrogen and oxygen atoms in total. The molecule has 0 bridgehead atoms. The largest absolute Gasteiger partial charge is 0.396 e. The Morgan fingerprint density at radius 3 is 2.67 bits per heavy atom. The van der Waals surface area contributed by atoms with Crippen LogP contribution in [0.5, 0.6) is 0 Å². The number of hydrogen-bond donors (Lipinski definition) is 2. The highest BCUT2D eigenvalue weighted by Gasteiger charge is 1.99. The van der Waals surface area contributed by atoms with Crippen LogP contribution in [0.2, 0.25) is 0 Å². The fourth-order valence-corrected chi connectivity index (χ4v) is 0.919. The van der Waals surface area contributed by atoms with Crippen molar-refractivity contribution in [2.75, 3.05) is 13.2 Å². The Balaban J connectivity index is 3.17. The van der Waals surface area contributed by atoms with Gasteiger partial charge in [-0.05, 0) is 32.2 Å². The fourth-order valence-electron chi connectivity index (χ4n) is 0.919. The van der Waals surface area contributed by atoms with E-state index in [1.807, 2.05) is 13.8 Å². The topological polar surface area (TPSA) is 32.3 Å². The second-order valence-corrected chi connectivity index (χ2v) is 3.27. The summed E-state index contributed by atoms with van der Waals surface area (Å²) in [5, 5.41) is 11.9. The molecule has 2 atom stereocenters. The van der Waals surface area contributed by atoms with Crippen molar-refractivity contribution in [1.29, 1.82) is 0 Å². The van der Waals surface area contributed by atoms with Crippen molar-refractivity contribution in [3.8, 4) is 12.3 Å². The van der Waals surface area contributed by atoms with E-state index in [0.717, 1.165) is 19.4 Å². The summed E-state index contributed by atoms with van der Waals surface area (Å²) in [7, 11) is 0. The molecule has 0 aliphatic carbocycles. The first-order valence-electron chi connectivity index (χ1n) is 4.51. The molecular weight excluding hydrogens is 150 g/mol. The maximum atomic E-state index is 8.74. The minimum Gasteiger partial charge on any atom is -0.396 e. The smallest absolute Gasteiger partial charge is 0.0658 e. The van der Waals surface area contributed by atoms with Gasteiger partial charge in [0.05, 0.1) is 6.04 Å². The average Bonchev–Trinajstić information content (AvgIpc) is 2.11. The lowest BCUT2D eigenvalue weighted by atomic mass is 10.1. The average molecular weight is 169 g/mol. The Morgan fingerprint density at radius 2 is 2.17 bits per heavy atom. The minimum absolute atomic E-state index is 0.162. The third kappa shape index (κ3) is 6.21. The lowest BCUT2D eigenvalue weighted by Crippen LogP contribution is -2.25.